The van der Waals surface area contributed by atoms with Crippen molar-refractivity contribution < 1.29 is 14.2 Å². The molecule has 1 fully saturated rings. The van der Waals surface area contributed by atoms with Gasteiger partial charge in [-0.25, -0.2) is 4.39 Å². The topological polar surface area (TPSA) is 32.7 Å². The molecule has 110 valence electrons. The maximum atomic E-state index is 13.8. The molecule has 0 unspecified atom stereocenters. The Labute approximate surface area is 127 Å². The first-order valence-electron chi connectivity index (χ1n) is 6.54. The highest BCUT2D eigenvalue weighted by atomic mass is 79.9. The second-order valence-corrected chi connectivity index (χ2v) is 6.26. The van der Waals surface area contributed by atoms with Crippen LogP contribution >= 0.6 is 15.9 Å². The van der Waals surface area contributed by atoms with E-state index in [2.05, 4.69) is 27.4 Å². The molecule has 2 rings (SSSR count). The van der Waals surface area contributed by atoms with Gasteiger partial charge in [0.05, 0.1) is 25.2 Å². The first-order chi connectivity index (χ1) is 9.58. The molecule has 0 spiro atoms. The van der Waals surface area contributed by atoms with E-state index >= 15 is 0 Å². The summed E-state index contributed by atoms with van der Waals surface area (Å²) in [5.41, 5.74) is 0.417. The third kappa shape index (κ3) is 3.67. The van der Waals surface area contributed by atoms with Crippen LogP contribution in [0.25, 0.3) is 0 Å². The summed E-state index contributed by atoms with van der Waals surface area (Å²) in [4.78, 5) is 2.08. The highest BCUT2D eigenvalue weighted by Gasteiger charge is 2.39. The van der Waals surface area contributed by atoms with Crippen LogP contribution in [0.15, 0.2) is 35.3 Å². The molecule has 1 N–H and O–H groups in total. The van der Waals surface area contributed by atoms with Crippen molar-refractivity contribution in [3.05, 3.63) is 46.7 Å². The number of ether oxygens (including phenoxy) is 1. The number of hydrogen-bond acceptors (Lipinski definition) is 3. The summed E-state index contributed by atoms with van der Waals surface area (Å²) < 4.78 is 19.9. The summed E-state index contributed by atoms with van der Waals surface area (Å²) in [5, 5.41) is 9.50. The van der Waals surface area contributed by atoms with Gasteiger partial charge in [-0.1, -0.05) is 22.0 Å². The number of halogens is 2. The minimum atomic E-state index is -0.217. The zero-order chi connectivity index (χ0) is 14.6. The van der Waals surface area contributed by atoms with Gasteiger partial charge in [0.15, 0.2) is 0 Å². The Morgan fingerprint density at radius 2 is 2.25 bits per heavy atom. The quantitative estimate of drug-likeness (QED) is 0.772. The van der Waals surface area contributed by atoms with Crippen molar-refractivity contribution in [3.63, 3.8) is 0 Å². The number of hydrogen-bond donors (Lipinski definition) is 1. The Hall–Kier alpha value is -0.750. The summed E-state index contributed by atoms with van der Waals surface area (Å²) in [7, 11) is 0. The van der Waals surface area contributed by atoms with Gasteiger partial charge in [-0.05, 0) is 18.2 Å². The van der Waals surface area contributed by atoms with Crippen LogP contribution in [0.2, 0.25) is 0 Å². The lowest BCUT2D eigenvalue weighted by Crippen LogP contribution is -2.53. The molecule has 1 aromatic rings. The SMILES string of the molecule is C=CCN(Cc1cc(Br)ccc1F)CC1(CO)COC1. The van der Waals surface area contributed by atoms with E-state index in [0.717, 1.165) is 4.47 Å². The summed E-state index contributed by atoms with van der Waals surface area (Å²) in [6.45, 7) is 6.74. The third-order valence-electron chi connectivity index (χ3n) is 3.50. The number of aliphatic hydroxyl groups excluding tert-OH is 1. The Bertz CT molecular complexity index is 471. The van der Waals surface area contributed by atoms with Crippen molar-refractivity contribution in [2.45, 2.75) is 6.54 Å². The van der Waals surface area contributed by atoms with Gasteiger partial charge in [0, 0.05) is 29.7 Å². The van der Waals surface area contributed by atoms with Gasteiger partial charge < -0.3 is 9.84 Å². The minimum absolute atomic E-state index is 0.0849. The minimum Gasteiger partial charge on any atom is -0.396 e. The van der Waals surface area contributed by atoms with E-state index in [1.165, 1.54) is 6.07 Å². The van der Waals surface area contributed by atoms with Gasteiger partial charge >= 0.3 is 0 Å². The van der Waals surface area contributed by atoms with Crippen molar-refractivity contribution >= 4 is 15.9 Å². The fourth-order valence-electron chi connectivity index (χ4n) is 2.37. The molecule has 0 amide bonds. The molecule has 1 aromatic carbocycles. The molecule has 20 heavy (non-hydrogen) atoms. The predicted octanol–water partition coefficient (Wildman–Crippen LogP) is 2.59. The van der Waals surface area contributed by atoms with Crippen molar-refractivity contribution in [1.82, 2.24) is 4.90 Å². The van der Waals surface area contributed by atoms with Crippen LogP contribution in [-0.4, -0.2) is 42.9 Å². The van der Waals surface area contributed by atoms with Crippen LogP contribution in [0.3, 0.4) is 0 Å². The lowest BCUT2D eigenvalue weighted by Gasteiger charge is -2.43. The van der Waals surface area contributed by atoms with E-state index < -0.39 is 0 Å². The Morgan fingerprint density at radius 1 is 1.50 bits per heavy atom. The van der Waals surface area contributed by atoms with Gasteiger partial charge in [-0.15, -0.1) is 6.58 Å². The standard InChI is InChI=1S/C15H19BrFNO2/c1-2-5-18(8-15(9-19)10-20-11-15)7-12-6-13(16)3-4-14(12)17/h2-4,6,19H,1,5,7-11H2. The highest BCUT2D eigenvalue weighted by molar-refractivity contribution is 9.10. The van der Waals surface area contributed by atoms with Crippen LogP contribution in [0.4, 0.5) is 4.39 Å². The number of nitrogens with zero attached hydrogens (tertiary/aromatic N) is 1. The van der Waals surface area contributed by atoms with Crippen LogP contribution in [0.1, 0.15) is 5.56 Å². The second-order valence-electron chi connectivity index (χ2n) is 5.34. The summed E-state index contributed by atoms with van der Waals surface area (Å²) in [5.74, 6) is -0.217. The van der Waals surface area contributed by atoms with Gasteiger partial charge in [-0.3, -0.25) is 4.90 Å². The van der Waals surface area contributed by atoms with Crippen LogP contribution in [0.5, 0.6) is 0 Å². The maximum Gasteiger partial charge on any atom is 0.127 e. The van der Waals surface area contributed by atoms with Gasteiger partial charge in [0.2, 0.25) is 0 Å². The Morgan fingerprint density at radius 3 is 2.80 bits per heavy atom. The fraction of sp³-hybridized carbons (Fsp3) is 0.467. The van der Waals surface area contributed by atoms with E-state index in [9.17, 15) is 9.50 Å². The molecule has 1 heterocycles. The van der Waals surface area contributed by atoms with Crippen molar-refractivity contribution in [2.75, 3.05) is 32.9 Å². The van der Waals surface area contributed by atoms with E-state index in [-0.39, 0.29) is 17.8 Å². The van der Waals surface area contributed by atoms with E-state index in [1.807, 2.05) is 0 Å². The predicted molar refractivity (Wildman–Crippen MR) is 79.9 cm³/mol. The van der Waals surface area contributed by atoms with Crippen LogP contribution < -0.4 is 0 Å². The first-order valence-corrected chi connectivity index (χ1v) is 7.34. The van der Waals surface area contributed by atoms with E-state index in [4.69, 9.17) is 4.74 Å². The monoisotopic (exact) mass is 343 g/mol. The average Bonchev–Trinajstić information content (AvgIpc) is 2.38. The number of rotatable bonds is 7. The van der Waals surface area contributed by atoms with E-state index in [0.29, 0.717) is 38.4 Å². The fourth-order valence-corrected chi connectivity index (χ4v) is 2.78. The van der Waals surface area contributed by atoms with Gasteiger partial charge in [0.1, 0.15) is 5.82 Å². The number of aliphatic hydroxyl groups is 1. The Kier molecular flexibility index (Phi) is 5.32. The molecular weight excluding hydrogens is 325 g/mol. The molecule has 0 radical (unpaired) electrons. The average molecular weight is 344 g/mol. The Balaban J connectivity index is 2.08. The van der Waals surface area contributed by atoms with Crippen molar-refractivity contribution in [1.29, 1.82) is 0 Å². The molecule has 3 nitrogen and oxygen atoms in total. The molecule has 0 aromatic heterocycles. The third-order valence-corrected chi connectivity index (χ3v) is 3.99. The normalized spacial score (nSPS) is 17.0. The van der Waals surface area contributed by atoms with Crippen molar-refractivity contribution in [2.24, 2.45) is 5.41 Å². The van der Waals surface area contributed by atoms with Crippen LogP contribution in [-0.2, 0) is 11.3 Å². The first kappa shape index (κ1) is 15.6. The van der Waals surface area contributed by atoms with Crippen LogP contribution in [0, 0.1) is 11.2 Å². The molecule has 0 aliphatic carbocycles. The molecular formula is C15H19BrFNO2. The van der Waals surface area contributed by atoms with Gasteiger partial charge in [-0.2, -0.15) is 0 Å². The second kappa shape index (κ2) is 6.80. The maximum absolute atomic E-state index is 13.8. The lowest BCUT2D eigenvalue weighted by molar-refractivity contribution is -0.148. The molecule has 5 heteroatoms. The molecule has 0 saturated carbocycles. The highest BCUT2D eigenvalue weighted by Crippen LogP contribution is 2.29. The molecule has 1 aliphatic heterocycles. The molecule has 0 atom stereocenters. The zero-order valence-electron chi connectivity index (χ0n) is 11.3. The summed E-state index contributed by atoms with van der Waals surface area (Å²) >= 11 is 3.36. The molecule has 1 aliphatic rings. The smallest absolute Gasteiger partial charge is 0.127 e. The zero-order valence-corrected chi connectivity index (χ0v) is 12.9. The molecule has 0 bridgehead atoms. The van der Waals surface area contributed by atoms with Crippen molar-refractivity contribution in [3.8, 4) is 0 Å². The van der Waals surface area contributed by atoms with Gasteiger partial charge in [0.25, 0.3) is 0 Å². The summed E-state index contributed by atoms with van der Waals surface area (Å²) in [6, 6.07) is 4.93. The van der Waals surface area contributed by atoms with E-state index in [1.54, 1.807) is 18.2 Å². The number of benzene rings is 1. The summed E-state index contributed by atoms with van der Waals surface area (Å²) in [6.07, 6.45) is 1.79. The largest absolute Gasteiger partial charge is 0.396 e. The lowest BCUT2D eigenvalue weighted by atomic mass is 9.86. The molecule has 1 saturated heterocycles.